The molecule has 2 aromatic carbocycles. The second-order valence-electron chi connectivity index (χ2n) is 5.31. The van der Waals surface area contributed by atoms with E-state index in [0.717, 1.165) is 36.3 Å². The molecule has 2 heteroatoms. The summed E-state index contributed by atoms with van der Waals surface area (Å²) in [7, 11) is 0. The van der Waals surface area contributed by atoms with Crippen LogP contribution in [0.4, 0.5) is 0 Å². The Morgan fingerprint density at radius 1 is 1.00 bits per heavy atom. The summed E-state index contributed by atoms with van der Waals surface area (Å²) < 4.78 is 5.60. The summed E-state index contributed by atoms with van der Waals surface area (Å²) in [6.45, 7) is 4.91. The fourth-order valence-electron chi connectivity index (χ4n) is 2.06. The fraction of sp³-hybridized carbons (Fsp3) is 0.316. The molecule has 0 saturated carbocycles. The summed E-state index contributed by atoms with van der Waals surface area (Å²) in [5.74, 6) is 0.967. The molecule has 2 nitrogen and oxygen atoms in total. The molecule has 0 unspecified atom stereocenters. The van der Waals surface area contributed by atoms with Crippen LogP contribution in [0.25, 0.3) is 0 Å². The second kappa shape index (κ2) is 7.63. The van der Waals surface area contributed by atoms with Crippen molar-refractivity contribution >= 4 is 5.78 Å². The molecule has 2 aromatic rings. The molecule has 2 rings (SSSR count). The minimum atomic E-state index is 0.138. The first kappa shape index (κ1) is 15.3. The number of ketones is 1. The van der Waals surface area contributed by atoms with Gasteiger partial charge in [0.15, 0.2) is 5.78 Å². The fourth-order valence-corrected chi connectivity index (χ4v) is 2.06. The highest BCUT2D eigenvalue weighted by atomic mass is 16.5. The lowest BCUT2D eigenvalue weighted by molar-refractivity contribution is 0.0993. The molecule has 0 amide bonds. The average Bonchev–Trinajstić information content (AvgIpc) is 2.50. The predicted octanol–water partition coefficient (Wildman–Crippen LogP) is 4.60. The Labute approximate surface area is 126 Å². The van der Waals surface area contributed by atoms with Crippen LogP contribution in [0.3, 0.4) is 0 Å². The van der Waals surface area contributed by atoms with Gasteiger partial charge in [0.1, 0.15) is 5.75 Å². The summed E-state index contributed by atoms with van der Waals surface area (Å²) in [5.41, 5.74) is 2.99. The summed E-state index contributed by atoms with van der Waals surface area (Å²) in [4.78, 5) is 12.2. The number of aryl methyl sites for hydroxylation is 1. The molecule has 0 radical (unpaired) electrons. The van der Waals surface area contributed by atoms with Crippen molar-refractivity contribution in [1.29, 1.82) is 0 Å². The highest BCUT2D eigenvalue weighted by molar-refractivity contribution is 5.97. The molecule has 0 heterocycles. The lowest BCUT2D eigenvalue weighted by Crippen LogP contribution is -2.04. The van der Waals surface area contributed by atoms with Gasteiger partial charge < -0.3 is 4.74 Å². The van der Waals surface area contributed by atoms with Gasteiger partial charge in [-0.2, -0.15) is 0 Å². The molecule has 0 aromatic heterocycles. The van der Waals surface area contributed by atoms with Gasteiger partial charge in [-0.15, -0.1) is 0 Å². The average molecular weight is 282 g/mol. The summed E-state index contributed by atoms with van der Waals surface area (Å²) in [5, 5.41) is 0. The van der Waals surface area contributed by atoms with E-state index in [4.69, 9.17) is 4.74 Å². The van der Waals surface area contributed by atoms with Gasteiger partial charge in [0.05, 0.1) is 6.61 Å². The number of carbonyl (C=O) groups excluding carboxylic acids is 1. The van der Waals surface area contributed by atoms with Crippen molar-refractivity contribution in [3.8, 4) is 5.75 Å². The van der Waals surface area contributed by atoms with E-state index in [1.54, 1.807) is 0 Å². The predicted molar refractivity (Wildman–Crippen MR) is 86.1 cm³/mol. The van der Waals surface area contributed by atoms with Crippen LogP contribution < -0.4 is 4.74 Å². The zero-order valence-electron chi connectivity index (χ0n) is 12.8. The maximum absolute atomic E-state index is 12.2. The quantitative estimate of drug-likeness (QED) is 0.548. The van der Waals surface area contributed by atoms with E-state index in [1.165, 1.54) is 5.56 Å². The minimum Gasteiger partial charge on any atom is -0.494 e. The number of hydrogen-bond donors (Lipinski definition) is 0. The number of Topliss-reactive ketones (excluding diaryl/α,β-unsaturated/α-hetero) is 1. The number of carbonyl (C=O) groups is 1. The van der Waals surface area contributed by atoms with Gasteiger partial charge in [0.25, 0.3) is 0 Å². The number of benzene rings is 2. The highest BCUT2D eigenvalue weighted by Gasteiger charge is 2.07. The maximum Gasteiger partial charge on any atom is 0.167 e. The van der Waals surface area contributed by atoms with E-state index in [-0.39, 0.29) is 5.78 Å². The number of hydrogen-bond acceptors (Lipinski definition) is 2. The van der Waals surface area contributed by atoms with Crippen molar-refractivity contribution in [3.05, 3.63) is 65.2 Å². The first-order valence-electron chi connectivity index (χ1n) is 7.50. The number of unbranched alkanes of at least 4 members (excludes halogenated alkanes) is 1. The van der Waals surface area contributed by atoms with Crippen LogP contribution in [-0.2, 0) is 6.42 Å². The third-order valence-electron chi connectivity index (χ3n) is 3.43. The topological polar surface area (TPSA) is 26.3 Å². The molecule has 110 valence electrons. The minimum absolute atomic E-state index is 0.138. The normalized spacial score (nSPS) is 10.4. The van der Waals surface area contributed by atoms with Crippen molar-refractivity contribution < 1.29 is 9.53 Å². The molecular formula is C19H22O2. The van der Waals surface area contributed by atoms with Gasteiger partial charge in [-0.1, -0.05) is 43.2 Å². The van der Waals surface area contributed by atoms with Crippen LogP contribution >= 0.6 is 0 Å². The van der Waals surface area contributed by atoms with Gasteiger partial charge >= 0.3 is 0 Å². The molecule has 0 atom stereocenters. The third-order valence-corrected chi connectivity index (χ3v) is 3.43. The third kappa shape index (κ3) is 4.75. The van der Waals surface area contributed by atoms with E-state index in [0.29, 0.717) is 6.42 Å². The standard InChI is InChI=1S/C19H22O2/c1-3-4-13-21-18-11-9-17(10-12-18)19(20)14-16-7-5-15(2)6-8-16/h5-12H,3-4,13-14H2,1-2H3. The van der Waals surface area contributed by atoms with E-state index in [1.807, 2.05) is 55.5 Å². The second-order valence-corrected chi connectivity index (χ2v) is 5.31. The van der Waals surface area contributed by atoms with E-state index < -0.39 is 0 Å². The number of ether oxygens (including phenoxy) is 1. The summed E-state index contributed by atoms with van der Waals surface area (Å²) in [6.07, 6.45) is 2.61. The van der Waals surface area contributed by atoms with Crippen molar-refractivity contribution in [2.45, 2.75) is 33.1 Å². The van der Waals surface area contributed by atoms with E-state index in [9.17, 15) is 4.79 Å². The highest BCUT2D eigenvalue weighted by Crippen LogP contribution is 2.15. The van der Waals surface area contributed by atoms with Crippen molar-refractivity contribution in [1.82, 2.24) is 0 Å². The van der Waals surface area contributed by atoms with Gasteiger partial charge in [0.2, 0.25) is 0 Å². The molecule has 0 fully saturated rings. The Balaban J connectivity index is 1.94. The molecule has 21 heavy (non-hydrogen) atoms. The van der Waals surface area contributed by atoms with E-state index >= 15 is 0 Å². The molecule has 0 N–H and O–H groups in total. The van der Waals surface area contributed by atoms with Crippen LogP contribution in [0.5, 0.6) is 5.75 Å². The first-order valence-corrected chi connectivity index (χ1v) is 7.50. The maximum atomic E-state index is 12.2. The van der Waals surface area contributed by atoms with Crippen LogP contribution in [0.1, 0.15) is 41.3 Å². The Hall–Kier alpha value is -2.09. The van der Waals surface area contributed by atoms with Gasteiger partial charge in [-0.05, 0) is 43.2 Å². The first-order chi connectivity index (χ1) is 10.2. The van der Waals surface area contributed by atoms with Gasteiger partial charge in [0, 0.05) is 12.0 Å². The Kier molecular flexibility index (Phi) is 5.56. The Morgan fingerprint density at radius 3 is 2.29 bits per heavy atom. The van der Waals surface area contributed by atoms with Gasteiger partial charge in [-0.3, -0.25) is 4.79 Å². The zero-order valence-corrected chi connectivity index (χ0v) is 12.8. The monoisotopic (exact) mass is 282 g/mol. The lowest BCUT2D eigenvalue weighted by atomic mass is 10.0. The van der Waals surface area contributed by atoms with Crippen molar-refractivity contribution in [2.75, 3.05) is 6.61 Å². The van der Waals surface area contributed by atoms with E-state index in [2.05, 4.69) is 6.92 Å². The largest absolute Gasteiger partial charge is 0.494 e. The van der Waals surface area contributed by atoms with Crippen LogP contribution in [0.2, 0.25) is 0 Å². The van der Waals surface area contributed by atoms with Crippen LogP contribution in [-0.4, -0.2) is 12.4 Å². The molecular weight excluding hydrogens is 260 g/mol. The van der Waals surface area contributed by atoms with Crippen molar-refractivity contribution in [3.63, 3.8) is 0 Å². The molecule has 0 aliphatic rings. The Morgan fingerprint density at radius 2 is 1.67 bits per heavy atom. The number of rotatable bonds is 7. The molecule has 0 saturated heterocycles. The molecule has 0 spiro atoms. The molecule has 0 aliphatic carbocycles. The Bertz CT molecular complexity index is 568. The van der Waals surface area contributed by atoms with Crippen LogP contribution in [0.15, 0.2) is 48.5 Å². The molecule has 0 aliphatic heterocycles. The van der Waals surface area contributed by atoms with Crippen molar-refractivity contribution in [2.24, 2.45) is 0 Å². The van der Waals surface area contributed by atoms with Crippen LogP contribution in [0, 0.1) is 6.92 Å². The zero-order chi connectivity index (χ0) is 15.1. The SMILES string of the molecule is CCCCOc1ccc(C(=O)Cc2ccc(C)cc2)cc1. The summed E-state index contributed by atoms with van der Waals surface area (Å²) >= 11 is 0. The lowest BCUT2D eigenvalue weighted by Gasteiger charge is -2.06. The molecule has 0 bridgehead atoms. The summed E-state index contributed by atoms with van der Waals surface area (Å²) in [6, 6.07) is 15.5. The van der Waals surface area contributed by atoms with Gasteiger partial charge in [-0.25, -0.2) is 0 Å². The smallest absolute Gasteiger partial charge is 0.167 e.